The average molecular weight is 318 g/mol. The molecule has 2 rings (SSSR count). The van der Waals surface area contributed by atoms with Crippen molar-refractivity contribution in [3.8, 4) is 0 Å². The summed E-state index contributed by atoms with van der Waals surface area (Å²) in [7, 11) is 0.643. The number of benzene rings is 1. The van der Waals surface area contributed by atoms with E-state index in [4.69, 9.17) is 27.6 Å². The van der Waals surface area contributed by atoms with Crippen LogP contribution in [-0.2, 0) is 23.1 Å². The average Bonchev–Trinajstić information content (AvgIpc) is 2.80. The van der Waals surface area contributed by atoms with E-state index in [1.165, 1.54) is 0 Å². The molecule has 0 saturated heterocycles. The van der Waals surface area contributed by atoms with Gasteiger partial charge in [-0.3, -0.25) is 4.21 Å². The van der Waals surface area contributed by atoms with Gasteiger partial charge in [-0.25, -0.2) is 0 Å². The van der Waals surface area contributed by atoms with Gasteiger partial charge in [0.2, 0.25) is 0 Å². The first-order valence-electron chi connectivity index (χ1n) is 5.66. The maximum absolute atomic E-state index is 12.2. The molecule has 1 N–H and O–H groups in total. The summed E-state index contributed by atoms with van der Waals surface area (Å²) in [6.07, 6.45) is 0. The van der Waals surface area contributed by atoms with E-state index in [9.17, 15) is 4.21 Å². The highest BCUT2D eigenvalue weighted by molar-refractivity contribution is 7.84. The van der Waals surface area contributed by atoms with Crippen molar-refractivity contribution in [2.24, 2.45) is 0 Å². The zero-order valence-corrected chi connectivity index (χ0v) is 12.6. The predicted octanol–water partition coefficient (Wildman–Crippen LogP) is 3.61. The Kier molecular flexibility index (Phi) is 5.05. The van der Waals surface area contributed by atoms with Gasteiger partial charge in [0.1, 0.15) is 11.5 Å². The second-order valence-electron chi connectivity index (χ2n) is 3.96. The standard InChI is InChI=1S/C13H13Cl2NO2S/c1-16-7-9-2-3-10(18-9)8-19(17)11-4-5-12(14)13(15)6-11/h2-6,16H,7-8H2,1H3. The van der Waals surface area contributed by atoms with Crippen LogP contribution in [0.3, 0.4) is 0 Å². The van der Waals surface area contributed by atoms with Crippen molar-refractivity contribution in [1.29, 1.82) is 0 Å². The first kappa shape index (κ1) is 14.6. The smallest absolute Gasteiger partial charge is 0.117 e. The molecule has 19 heavy (non-hydrogen) atoms. The van der Waals surface area contributed by atoms with Crippen LogP contribution in [0, 0.1) is 0 Å². The minimum atomic E-state index is -1.20. The van der Waals surface area contributed by atoms with E-state index in [1.807, 2.05) is 19.2 Å². The van der Waals surface area contributed by atoms with Crippen LogP contribution in [0.15, 0.2) is 39.6 Å². The fraction of sp³-hybridized carbons (Fsp3) is 0.231. The topological polar surface area (TPSA) is 42.2 Å². The Morgan fingerprint density at radius 3 is 2.58 bits per heavy atom. The maximum Gasteiger partial charge on any atom is 0.117 e. The van der Waals surface area contributed by atoms with Gasteiger partial charge in [-0.2, -0.15) is 0 Å². The quantitative estimate of drug-likeness (QED) is 0.916. The van der Waals surface area contributed by atoms with E-state index in [-0.39, 0.29) is 0 Å². The lowest BCUT2D eigenvalue weighted by Crippen LogP contribution is -2.03. The Morgan fingerprint density at radius 1 is 1.16 bits per heavy atom. The normalized spacial score (nSPS) is 12.6. The predicted molar refractivity (Wildman–Crippen MR) is 78.0 cm³/mol. The molecule has 0 saturated carbocycles. The van der Waals surface area contributed by atoms with E-state index < -0.39 is 10.8 Å². The summed E-state index contributed by atoms with van der Waals surface area (Å²) in [5.41, 5.74) is 0. The van der Waals surface area contributed by atoms with E-state index in [1.54, 1.807) is 18.2 Å². The molecule has 0 amide bonds. The molecule has 6 heteroatoms. The molecule has 1 atom stereocenters. The van der Waals surface area contributed by atoms with Gasteiger partial charge in [0.25, 0.3) is 0 Å². The van der Waals surface area contributed by atoms with Crippen molar-refractivity contribution in [3.05, 3.63) is 51.9 Å². The lowest BCUT2D eigenvalue weighted by Gasteiger charge is -2.02. The number of nitrogens with one attached hydrogen (secondary N) is 1. The van der Waals surface area contributed by atoms with Gasteiger partial charge in [-0.1, -0.05) is 23.2 Å². The van der Waals surface area contributed by atoms with Crippen molar-refractivity contribution in [2.75, 3.05) is 7.05 Å². The second kappa shape index (κ2) is 6.57. The molecule has 0 spiro atoms. The van der Waals surface area contributed by atoms with E-state index in [0.717, 1.165) is 5.76 Å². The molecule has 1 unspecified atom stereocenters. The highest BCUT2D eigenvalue weighted by Crippen LogP contribution is 2.25. The van der Waals surface area contributed by atoms with Crippen molar-refractivity contribution in [2.45, 2.75) is 17.2 Å². The van der Waals surface area contributed by atoms with Crippen LogP contribution in [0.2, 0.25) is 10.0 Å². The van der Waals surface area contributed by atoms with Crippen LogP contribution in [-0.4, -0.2) is 11.3 Å². The largest absolute Gasteiger partial charge is 0.464 e. The molecule has 102 valence electrons. The zero-order valence-electron chi connectivity index (χ0n) is 10.3. The van der Waals surface area contributed by atoms with Gasteiger partial charge in [0.15, 0.2) is 0 Å². The monoisotopic (exact) mass is 317 g/mol. The van der Waals surface area contributed by atoms with Crippen LogP contribution >= 0.6 is 23.2 Å². The van der Waals surface area contributed by atoms with Crippen molar-refractivity contribution in [1.82, 2.24) is 5.32 Å². The molecule has 3 nitrogen and oxygen atoms in total. The summed E-state index contributed by atoms with van der Waals surface area (Å²) in [4.78, 5) is 0.640. The van der Waals surface area contributed by atoms with Gasteiger partial charge < -0.3 is 9.73 Å². The van der Waals surface area contributed by atoms with Crippen LogP contribution in [0.1, 0.15) is 11.5 Å². The first-order chi connectivity index (χ1) is 9.10. The third kappa shape index (κ3) is 3.83. The third-order valence-corrected chi connectivity index (χ3v) is 4.56. The lowest BCUT2D eigenvalue weighted by molar-refractivity contribution is 0.467. The van der Waals surface area contributed by atoms with Gasteiger partial charge in [0.05, 0.1) is 33.1 Å². The number of rotatable bonds is 5. The van der Waals surface area contributed by atoms with E-state index >= 15 is 0 Å². The van der Waals surface area contributed by atoms with Crippen molar-refractivity contribution in [3.63, 3.8) is 0 Å². The van der Waals surface area contributed by atoms with Crippen LogP contribution in [0.5, 0.6) is 0 Å². The molecule has 1 aromatic heterocycles. The fourth-order valence-electron chi connectivity index (χ4n) is 1.60. The highest BCUT2D eigenvalue weighted by atomic mass is 35.5. The fourth-order valence-corrected chi connectivity index (χ4v) is 3.01. The lowest BCUT2D eigenvalue weighted by atomic mass is 10.4. The van der Waals surface area contributed by atoms with E-state index in [0.29, 0.717) is 33.0 Å². The third-order valence-electron chi connectivity index (χ3n) is 2.50. The second-order valence-corrected chi connectivity index (χ2v) is 6.23. The molecule has 2 aromatic rings. The summed E-state index contributed by atoms with van der Waals surface area (Å²) in [6, 6.07) is 8.69. The Balaban J connectivity index is 2.09. The Bertz CT molecular complexity index is 598. The molecular weight excluding hydrogens is 305 g/mol. The Morgan fingerprint density at radius 2 is 1.89 bits per heavy atom. The van der Waals surface area contributed by atoms with Crippen LogP contribution < -0.4 is 5.32 Å². The zero-order chi connectivity index (χ0) is 13.8. The van der Waals surface area contributed by atoms with Crippen LogP contribution in [0.4, 0.5) is 0 Å². The van der Waals surface area contributed by atoms with Gasteiger partial charge in [0, 0.05) is 4.90 Å². The molecule has 0 radical (unpaired) electrons. The van der Waals surface area contributed by atoms with Gasteiger partial charge in [-0.15, -0.1) is 0 Å². The number of halogens is 2. The van der Waals surface area contributed by atoms with E-state index in [2.05, 4.69) is 5.32 Å². The molecule has 0 aliphatic carbocycles. The molecule has 1 aromatic carbocycles. The summed E-state index contributed by atoms with van der Waals surface area (Å²) in [5, 5.41) is 3.86. The van der Waals surface area contributed by atoms with Gasteiger partial charge >= 0.3 is 0 Å². The summed E-state index contributed by atoms with van der Waals surface area (Å²) in [6.45, 7) is 0.652. The molecular formula is C13H13Cl2NO2S. The summed E-state index contributed by atoms with van der Waals surface area (Å²) in [5.74, 6) is 1.83. The minimum Gasteiger partial charge on any atom is -0.464 e. The maximum atomic E-state index is 12.2. The SMILES string of the molecule is CNCc1ccc(CS(=O)c2ccc(Cl)c(Cl)c2)o1. The minimum absolute atomic E-state index is 0.321. The molecule has 1 heterocycles. The van der Waals surface area contributed by atoms with Crippen LogP contribution in [0.25, 0.3) is 0 Å². The number of hydrogen-bond donors (Lipinski definition) is 1. The summed E-state index contributed by atoms with van der Waals surface area (Å²) >= 11 is 11.7. The molecule has 0 fully saturated rings. The first-order valence-corrected chi connectivity index (χ1v) is 7.73. The van der Waals surface area contributed by atoms with Crippen molar-refractivity contribution < 1.29 is 8.63 Å². The number of furan rings is 1. The van der Waals surface area contributed by atoms with Gasteiger partial charge in [-0.05, 0) is 37.4 Å². The summed E-state index contributed by atoms with van der Waals surface area (Å²) < 4.78 is 17.7. The number of hydrogen-bond acceptors (Lipinski definition) is 3. The van der Waals surface area contributed by atoms with Crippen molar-refractivity contribution >= 4 is 34.0 Å². The highest BCUT2D eigenvalue weighted by Gasteiger charge is 2.10. The molecule has 0 bridgehead atoms. The molecule has 0 aliphatic rings. The molecule has 0 aliphatic heterocycles. The Hall–Kier alpha value is -0.810. The Labute approximate surface area is 124 Å².